The van der Waals surface area contributed by atoms with E-state index in [2.05, 4.69) is 31.9 Å². The van der Waals surface area contributed by atoms with Crippen LogP contribution in [0.5, 0.6) is 0 Å². The maximum absolute atomic E-state index is 9.62. The van der Waals surface area contributed by atoms with Gasteiger partial charge in [0.05, 0.1) is 0 Å². The summed E-state index contributed by atoms with van der Waals surface area (Å²) < 4.78 is 18.4. The van der Waals surface area contributed by atoms with Gasteiger partial charge in [-0.2, -0.15) is 0 Å². The first-order valence-electron chi connectivity index (χ1n) is 2.23. The van der Waals surface area contributed by atoms with Crippen LogP contribution < -0.4 is 0 Å². The van der Waals surface area contributed by atoms with Gasteiger partial charge < -0.3 is 0 Å². The number of hydrogen-bond donors (Lipinski definition) is 0. The Morgan fingerprint density at radius 2 is 1.64 bits per heavy atom. The monoisotopic (exact) mass is 241 g/mol. The average molecular weight is 242 g/mol. The second kappa shape index (κ2) is 10.6. The zero-order valence-corrected chi connectivity index (χ0v) is 8.99. The lowest BCUT2D eigenvalue weighted by atomic mass is 11.1. The number of halogens is 3. The van der Waals surface area contributed by atoms with E-state index in [0.717, 1.165) is 0 Å². The van der Waals surface area contributed by atoms with E-state index < -0.39 is 8.25 Å². The normalized spacial score (nSPS) is 7.73. The SMILES string of the molecule is C[N+](C)=CCl.O=[P+](OCl)OCl. The highest BCUT2D eigenvalue weighted by atomic mass is 35.5. The molecule has 66 valence electrons. The minimum atomic E-state index is -2.30. The molecule has 0 saturated heterocycles. The van der Waals surface area contributed by atoms with Crippen molar-refractivity contribution in [3.8, 4) is 0 Å². The standard InChI is InChI=1S/C3H7ClN.Cl2O3P/c1-5(2)3-4;1-4-6(3)5-2/h3H,1-2H3;/q2*+1. The smallest absolute Gasteiger partial charge is 0.231 e. The molecule has 0 N–H and O–H groups in total. The van der Waals surface area contributed by atoms with E-state index in [0.29, 0.717) is 0 Å². The molecule has 0 heterocycles. The van der Waals surface area contributed by atoms with Crippen LogP contribution in [0.15, 0.2) is 0 Å². The van der Waals surface area contributed by atoms with E-state index >= 15 is 0 Å². The number of hydrogen-bond acceptors (Lipinski definition) is 3. The summed E-state index contributed by atoms with van der Waals surface area (Å²) in [6, 6.07) is 0. The van der Waals surface area contributed by atoms with Gasteiger partial charge in [-0.15, -0.1) is 0 Å². The molecular weight excluding hydrogens is 235 g/mol. The lowest BCUT2D eigenvalue weighted by Crippen LogP contribution is -1.91. The highest BCUT2D eigenvalue weighted by Crippen LogP contribution is 2.26. The Hall–Kier alpha value is 0.560. The van der Waals surface area contributed by atoms with Crippen LogP contribution in [0.25, 0.3) is 0 Å². The van der Waals surface area contributed by atoms with Crippen LogP contribution in [-0.4, -0.2) is 24.3 Å². The van der Waals surface area contributed by atoms with Gasteiger partial charge in [0.2, 0.25) is 5.67 Å². The lowest BCUT2D eigenvalue weighted by Gasteiger charge is -1.70. The summed E-state index contributed by atoms with van der Waals surface area (Å²) in [6.45, 7) is 0. The molecule has 0 aromatic heterocycles. The van der Waals surface area contributed by atoms with Crippen LogP contribution in [0.2, 0.25) is 0 Å². The molecule has 0 aliphatic heterocycles. The van der Waals surface area contributed by atoms with E-state index in [1.54, 1.807) is 4.58 Å². The predicted octanol–water partition coefficient (Wildman–Crippen LogP) is 2.51. The molecule has 0 aliphatic carbocycles. The van der Waals surface area contributed by atoms with Gasteiger partial charge in [0.25, 0.3) is 0 Å². The van der Waals surface area contributed by atoms with Gasteiger partial charge in [-0.05, 0) is 11.6 Å². The third-order valence-corrected chi connectivity index (χ3v) is 1.60. The molecule has 0 aliphatic rings. The van der Waals surface area contributed by atoms with Crippen LogP contribution in [0.4, 0.5) is 0 Å². The van der Waals surface area contributed by atoms with Crippen molar-refractivity contribution in [1.82, 2.24) is 0 Å². The van der Waals surface area contributed by atoms with Gasteiger partial charge in [-0.1, -0.05) is 0 Å². The summed E-state index contributed by atoms with van der Waals surface area (Å²) in [7, 11) is 1.44. The fourth-order valence-corrected chi connectivity index (χ4v) is 0.287. The number of rotatable bonds is 2. The summed E-state index contributed by atoms with van der Waals surface area (Å²) in [5.41, 5.74) is 1.47. The molecule has 0 rings (SSSR count). The Bertz CT molecular complexity index is 132. The fourth-order valence-electron chi connectivity index (χ4n) is 0.0106. The van der Waals surface area contributed by atoms with Gasteiger partial charge in [0.1, 0.15) is 37.8 Å². The van der Waals surface area contributed by atoms with Crippen molar-refractivity contribution in [2.75, 3.05) is 14.1 Å². The van der Waals surface area contributed by atoms with Gasteiger partial charge >= 0.3 is 8.25 Å². The van der Waals surface area contributed by atoms with Crippen LogP contribution in [0.3, 0.4) is 0 Å². The van der Waals surface area contributed by atoms with Crippen molar-refractivity contribution >= 4 is 49.3 Å². The lowest BCUT2D eigenvalue weighted by molar-refractivity contribution is -0.457. The van der Waals surface area contributed by atoms with Crippen molar-refractivity contribution in [3.63, 3.8) is 0 Å². The first-order valence-corrected chi connectivity index (χ1v) is 4.38. The average Bonchev–Trinajstić information content (AvgIpc) is 2.04. The second-order valence-electron chi connectivity index (χ2n) is 1.42. The van der Waals surface area contributed by atoms with Crippen molar-refractivity contribution in [2.45, 2.75) is 0 Å². The Kier molecular flexibility index (Phi) is 13.5. The molecule has 0 unspecified atom stereocenters. The molecule has 0 atom stereocenters. The van der Waals surface area contributed by atoms with Crippen molar-refractivity contribution in [1.29, 1.82) is 0 Å². The molecule has 11 heavy (non-hydrogen) atoms. The highest BCUT2D eigenvalue weighted by molar-refractivity contribution is 7.35. The maximum atomic E-state index is 9.62. The van der Waals surface area contributed by atoms with Crippen molar-refractivity contribution < 1.29 is 17.3 Å². The first-order chi connectivity index (χ1) is 5.08. The van der Waals surface area contributed by atoms with Gasteiger partial charge in [-0.25, -0.2) is 4.58 Å². The Morgan fingerprint density at radius 3 is 1.64 bits per heavy atom. The summed E-state index contributed by atoms with van der Waals surface area (Å²) in [4.78, 5) is 0. The maximum Gasteiger partial charge on any atom is 0.734 e. The van der Waals surface area contributed by atoms with Crippen molar-refractivity contribution in [3.05, 3.63) is 0 Å². The molecule has 0 amide bonds. The van der Waals surface area contributed by atoms with Gasteiger partial charge in [0.15, 0.2) is 0 Å². The molecule has 0 fully saturated rings. The third kappa shape index (κ3) is 18.0. The second-order valence-corrected chi connectivity index (χ2v) is 3.17. The first kappa shape index (κ1) is 14.1. The Balaban J connectivity index is 0. The van der Waals surface area contributed by atoms with Gasteiger partial charge in [-0.3, -0.25) is 0 Å². The molecule has 0 spiro atoms. The molecule has 8 heteroatoms. The molecule has 0 saturated carbocycles. The molecule has 0 aromatic rings. The van der Waals surface area contributed by atoms with Crippen LogP contribution in [-0.2, 0) is 12.7 Å². The number of nitrogens with zero attached hydrogens (tertiary/aromatic N) is 1. The molecule has 0 bridgehead atoms. The highest BCUT2D eigenvalue weighted by Gasteiger charge is 2.17. The fraction of sp³-hybridized carbons (Fsp3) is 0.667. The topological polar surface area (TPSA) is 38.5 Å². The molecule has 0 aromatic carbocycles. The minimum Gasteiger partial charge on any atom is -0.231 e. The Morgan fingerprint density at radius 1 is 1.36 bits per heavy atom. The zero-order chi connectivity index (χ0) is 9.28. The van der Waals surface area contributed by atoms with E-state index in [-0.39, 0.29) is 0 Å². The van der Waals surface area contributed by atoms with E-state index in [4.69, 9.17) is 11.6 Å². The Labute approximate surface area is 80.9 Å². The van der Waals surface area contributed by atoms with Crippen molar-refractivity contribution in [2.24, 2.45) is 0 Å². The van der Waals surface area contributed by atoms with E-state index in [1.165, 1.54) is 5.67 Å². The summed E-state index contributed by atoms with van der Waals surface area (Å²) >= 11 is 14.1. The molecule has 4 nitrogen and oxygen atoms in total. The van der Waals surface area contributed by atoms with E-state index in [9.17, 15) is 4.57 Å². The minimum absolute atomic E-state index is 1.47. The zero-order valence-electron chi connectivity index (χ0n) is 5.83. The van der Waals surface area contributed by atoms with Crippen LogP contribution in [0.1, 0.15) is 0 Å². The van der Waals surface area contributed by atoms with Crippen LogP contribution in [0, 0.1) is 0 Å². The summed E-state index contributed by atoms with van der Waals surface area (Å²) in [5.74, 6) is 0. The molecule has 0 radical (unpaired) electrons. The third-order valence-electron chi connectivity index (χ3n) is 0.308. The quantitative estimate of drug-likeness (QED) is 0.424. The molecular formula is C3H7Cl3NO3P+2. The predicted molar refractivity (Wildman–Crippen MR) is 45.5 cm³/mol. The summed E-state index contributed by atoms with van der Waals surface area (Å²) in [6.07, 6.45) is 0. The summed E-state index contributed by atoms with van der Waals surface area (Å²) in [5, 5.41) is 0. The van der Waals surface area contributed by atoms with E-state index in [1.807, 2.05) is 14.1 Å². The van der Waals surface area contributed by atoms with Gasteiger partial charge in [0, 0.05) is 12.7 Å². The van der Waals surface area contributed by atoms with Crippen LogP contribution >= 0.6 is 43.6 Å². The largest absolute Gasteiger partial charge is 0.734 e.